The van der Waals surface area contributed by atoms with Gasteiger partial charge in [-0.05, 0) is 6.07 Å². The van der Waals surface area contributed by atoms with E-state index in [0.29, 0.717) is 0 Å². The third-order valence-corrected chi connectivity index (χ3v) is 1.62. The van der Waals surface area contributed by atoms with Crippen molar-refractivity contribution >= 4 is 0 Å². The van der Waals surface area contributed by atoms with Crippen molar-refractivity contribution in [1.82, 2.24) is 40.1 Å². The molecule has 0 fully saturated rings. The van der Waals surface area contributed by atoms with Crippen LogP contribution in [-0.4, -0.2) is 50.3 Å². The van der Waals surface area contributed by atoms with E-state index in [9.17, 15) is 0 Å². The van der Waals surface area contributed by atoms with Crippen molar-refractivity contribution < 1.29 is 27.2 Å². The van der Waals surface area contributed by atoms with Crippen LogP contribution in [0.2, 0.25) is 0 Å². The van der Waals surface area contributed by atoms with Crippen molar-refractivity contribution in [1.29, 1.82) is 0 Å². The third-order valence-electron chi connectivity index (χ3n) is 1.62. The minimum absolute atomic E-state index is 0. The molecule has 17 heteroatoms. The molecule has 0 unspecified atom stereocenters. The number of H-pyrrole nitrogens is 4. The van der Waals surface area contributed by atoms with Crippen molar-refractivity contribution in [2.75, 3.05) is 0 Å². The number of hydrogen-bond acceptors (Lipinski definition) is 10. The average Bonchev–Trinajstić information content (AvgIpc) is 3.52. The molecular weight excluding hydrogens is 444 g/mol. The first-order valence-electron chi connectivity index (χ1n) is 6.81. The molecule has 4 N–H and O–H groups in total. The largest absolute Gasteiger partial charge is 2.00 e. The molecule has 0 amide bonds. The molecule has 0 aliphatic rings. The Morgan fingerprint density at radius 3 is 1.03 bits per heavy atom. The van der Waals surface area contributed by atoms with Crippen LogP contribution in [0, 0.1) is 30.6 Å². The van der Waals surface area contributed by atoms with Crippen LogP contribution in [0.15, 0.2) is 74.6 Å². The van der Waals surface area contributed by atoms with Crippen molar-refractivity contribution in [3.63, 3.8) is 0 Å². The summed E-state index contributed by atoms with van der Waals surface area (Å²) in [5, 5.41) is 35.7. The van der Waals surface area contributed by atoms with Crippen molar-refractivity contribution in [3.8, 4) is 0 Å². The minimum Gasteiger partial charge on any atom is -0.356 e. The number of hydrogen-bond donors (Lipinski definition) is 4. The van der Waals surface area contributed by atoms with E-state index in [2.05, 4.69) is 40.1 Å². The maximum atomic E-state index is 8.25. The van der Waals surface area contributed by atoms with Crippen molar-refractivity contribution in [2.24, 2.45) is 0 Å². The zero-order chi connectivity index (χ0) is 21.3. The van der Waals surface area contributed by atoms with Gasteiger partial charge in [-0.2, -0.15) is 5.10 Å². The molecule has 4 rings (SSSR count). The first-order valence-corrected chi connectivity index (χ1v) is 6.81. The molecule has 161 valence electrons. The Morgan fingerprint density at radius 2 is 0.966 bits per heavy atom. The topological polar surface area (TPSA) is 247 Å². The second-order valence-corrected chi connectivity index (χ2v) is 3.50. The van der Waals surface area contributed by atoms with E-state index in [0.717, 1.165) is 0 Å². The molecular formula is C12H16CuN10O6. The fourth-order valence-electron chi connectivity index (χ4n) is 0.861. The fourth-order valence-corrected chi connectivity index (χ4v) is 0.861. The number of nitrogens with one attached hydrogen (secondary N) is 4. The van der Waals surface area contributed by atoms with E-state index < -0.39 is 10.2 Å². The van der Waals surface area contributed by atoms with Crippen molar-refractivity contribution in [2.45, 2.75) is 0 Å². The van der Waals surface area contributed by atoms with Gasteiger partial charge >= 0.3 is 17.1 Å². The van der Waals surface area contributed by atoms with E-state index >= 15 is 0 Å². The van der Waals surface area contributed by atoms with Gasteiger partial charge in [0.1, 0.15) is 0 Å². The normalized spacial score (nSPS) is 7.17. The van der Waals surface area contributed by atoms with Gasteiger partial charge in [0.15, 0.2) is 0 Å². The molecule has 29 heavy (non-hydrogen) atoms. The molecule has 0 aromatic carbocycles. The Kier molecular flexibility index (Phi) is 26.5. The summed E-state index contributed by atoms with van der Waals surface area (Å²) in [6.07, 6.45) is 18.7. The van der Waals surface area contributed by atoms with E-state index in [1.807, 2.05) is 6.07 Å². The monoisotopic (exact) mass is 459 g/mol. The first-order chi connectivity index (χ1) is 13.5. The van der Waals surface area contributed by atoms with Crippen LogP contribution in [0.25, 0.3) is 0 Å². The molecule has 4 heterocycles. The van der Waals surface area contributed by atoms with Gasteiger partial charge in [-0.25, -0.2) is 15.0 Å². The van der Waals surface area contributed by atoms with Crippen LogP contribution < -0.4 is 0 Å². The maximum absolute atomic E-state index is 8.25. The summed E-state index contributed by atoms with van der Waals surface area (Å²) in [6.45, 7) is 0. The Balaban J connectivity index is -0.000000279. The molecule has 0 saturated heterocycles. The Morgan fingerprint density at radius 1 is 0.621 bits per heavy atom. The second kappa shape index (κ2) is 26.0. The molecule has 0 aliphatic carbocycles. The second-order valence-electron chi connectivity index (χ2n) is 3.50. The van der Waals surface area contributed by atoms with Crippen molar-refractivity contribution in [3.05, 3.63) is 105 Å². The molecule has 1 radical (unpaired) electrons. The van der Waals surface area contributed by atoms with Crippen LogP contribution in [0.5, 0.6) is 0 Å². The average molecular weight is 460 g/mol. The van der Waals surface area contributed by atoms with Crippen LogP contribution >= 0.6 is 0 Å². The van der Waals surface area contributed by atoms with Crippen LogP contribution in [-0.2, 0) is 17.1 Å². The van der Waals surface area contributed by atoms with Crippen LogP contribution in [0.4, 0.5) is 0 Å². The summed E-state index contributed by atoms with van der Waals surface area (Å²) in [7, 11) is 0. The standard InChI is InChI=1S/4C3H4N2.Cu.2NO3/c3*1-2-5-3-4-1;1-2-4-5-3-1;;2*2-1(3)4/h4*1-3H,(H,4,5);;;/q;;;;+2;2*-1. The van der Waals surface area contributed by atoms with E-state index in [1.54, 1.807) is 68.6 Å². The summed E-state index contributed by atoms with van der Waals surface area (Å²) in [5.41, 5.74) is 0. The SMILES string of the molecule is O=[N+]([O-])[O-].O=[N+]([O-])[O-].[Cu+2].c1c[nH]cn1.c1c[nH]cn1.c1c[nH]cn1.c1cn[nH]c1. The van der Waals surface area contributed by atoms with Gasteiger partial charge in [-0.15, -0.1) is 0 Å². The van der Waals surface area contributed by atoms with Crippen LogP contribution in [0.3, 0.4) is 0 Å². The maximum Gasteiger partial charge on any atom is 2.00 e. The van der Waals surface area contributed by atoms with Gasteiger partial charge in [0.25, 0.3) is 0 Å². The van der Waals surface area contributed by atoms with Gasteiger partial charge in [0, 0.05) is 49.6 Å². The molecule has 0 atom stereocenters. The van der Waals surface area contributed by atoms with Crippen LogP contribution in [0.1, 0.15) is 0 Å². The predicted molar refractivity (Wildman–Crippen MR) is 95.1 cm³/mol. The number of nitrogens with zero attached hydrogens (tertiary/aromatic N) is 6. The molecule has 4 aromatic heterocycles. The number of imidazole rings is 3. The molecule has 4 aromatic rings. The fraction of sp³-hybridized carbons (Fsp3) is 0. The molecule has 0 aliphatic heterocycles. The molecule has 0 saturated carbocycles. The minimum atomic E-state index is -1.75. The van der Waals surface area contributed by atoms with Gasteiger partial charge < -0.3 is 45.6 Å². The first kappa shape index (κ1) is 29.5. The number of aromatic nitrogens is 8. The van der Waals surface area contributed by atoms with Gasteiger partial charge in [0.2, 0.25) is 0 Å². The molecule has 0 bridgehead atoms. The summed E-state index contributed by atoms with van der Waals surface area (Å²) in [4.78, 5) is 35.8. The zero-order valence-electron chi connectivity index (χ0n) is 14.4. The Labute approximate surface area is 173 Å². The summed E-state index contributed by atoms with van der Waals surface area (Å²) >= 11 is 0. The predicted octanol–water partition coefficient (Wildman–Crippen LogP) is 1.16. The van der Waals surface area contributed by atoms with Gasteiger partial charge in [-0.1, -0.05) is 0 Å². The summed E-state index contributed by atoms with van der Waals surface area (Å²) in [5.74, 6) is 0. The third kappa shape index (κ3) is 45.3. The Hall–Kier alpha value is -4.24. The smallest absolute Gasteiger partial charge is 0.356 e. The Bertz CT molecular complexity index is 528. The molecule has 16 nitrogen and oxygen atoms in total. The quantitative estimate of drug-likeness (QED) is 0.166. The van der Waals surface area contributed by atoms with E-state index in [4.69, 9.17) is 30.6 Å². The number of aromatic amines is 4. The van der Waals surface area contributed by atoms with E-state index in [1.165, 1.54) is 0 Å². The summed E-state index contributed by atoms with van der Waals surface area (Å²) in [6, 6.07) is 1.83. The van der Waals surface area contributed by atoms with E-state index in [-0.39, 0.29) is 17.1 Å². The molecule has 0 spiro atoms. The number of rotatable bonds is 0. The summed E-state index contributed by atoms with van der Waals surface area (Å²) < 4.78 is 0. The van der Waals surface area contributed by atoms with Gasteiger partial charge in [0.05, 0.1) is 29.2 Å². The zero-order valence-corrected chi connectivity index (χ0v) is 15.3. The van der Waals surface area contributed by atoms with Gasteiger partial charge in [-0.3, -0.25) is 5.10 Å².